The number of hydrogen-bond donors (Lipinski definition) is 0. The molecular weight excluding hydrogens is 1440 g/mol. The fourth-order valence-electron chi connectivity index (χ4n) is 9.72. The number of hydrogen-bond acceptors (Lipinski definition) is 18. The predicted octanol–water partition coefficient (Wildman–Crippen LogP) is 26.7. The summed E-state index contributed by atoms with van der Waals surface area (Å²) < 4.78 is 0. The van der Waals surface area contributed by atoms with Crippen LogP contribution in [0.1, 0.15) is 175 Å². The lowest BCUT2D eigenvalue weighted by atomic mass is 10.2. The van der Waals surface area contributed by atoms with Crippen molar-refractivity contribution >= 4 is 98.3 Å². The quantitative estimate of drug-likeness (QED) is 0.137. The Morgan fingerprint density at radius 2 is 0.538 bits per heavy atom. The van der Waals surface area contributed by atoms with Crippen molar-refractivity contribution < 1.29 is 0 Å². The van der Waals surface area contributed by atoms with E-state index >= 15 is 0 Å². The SMILES string of the molecule is CC.CC.CC.CC.CC.CC.CC.CC.CC.Cc1cc2ccncc2cn1.Cc1cc2cnccc2cn1.Cc1cc2ncccc2cn1.Cc1ccc2nccnc2c1.Cc1ccc2ncncc2c1.Cc1cnc2cccnc2c1.Cc1cnc2ccncc2c1.Cc1cnc2cnccc2c1.Cc1cnc2ncccc2c1. The molecule has 16 heterocycles. The number of nitrogens with zero attached hydrogens (tertiary/aromatic N) is 18. The molecule has 18 nitrogen and oxygen atoms in total. The highest BCUT2D eigenvalue weighted by Crippen LogP contribution is 2.17. The summed E-state index contributed by atoms with van der Waals surface area (Å²) in [7, 11) is 0. The molecule has 0 spiro atoms. The van der Waals surface area contributed by atoms with E-state index in [1.54, 1.807) is 68.3 Å². The van der Waals surface area contributed by atoms with E-state index in [0.29, 0.717) is 0 Å². The third kappa shape index (κ3) is 37.7. The van der Waals surface area contributed by atoms with Gasteiger partial charge in [-0.3, -0.25) is 69.8 Å². The van der Waals surface area contributed by atoms with Gasteiger partial charge in [0, 0.05) is 184 Å². The van der Waals surface area contributed by atoms with Gasteiger partial charge in [0.25, 0.3) is 0 Å². The third-order valence-corrected chi connectivity index (χ3v) is 14.6. The fraction of sp³-hybridized carbons (Fsp3) is 0.273. The average Bonchev–Trinajstić information content (AvgIpc) is 0.931. The molecule has 0 unspecified atom stereocenters. The van der Waals surface area contributed by atoms with Crippen LogP contribution < -0.4 is 0 Å². The first kappa shape index (κ1) is 102. The first-order valence-corrected chi connectivity index (χ1v) is 40.8. The first-order chi connectivity index (χ1) is 57.2. The molecule has 0 radical (unpaired) electrons. The third-order valence-electron chi connectivity index (χ3n) is 14.6. The van der Waals surface area contributed by atoms with Gasteiger partial charge in [-0.1, -0.05) is 142 Å². The van der Waals surface area contributed by atoms with Crippen LogP contribution in [0.3, 0.4) is 0 Å². The molecule has 0 saturated carbocycles. The Morgan fingerprint density at radius 1 is 0.162 bits per heavy atom. The van der Waals surface area contributed by atoms with Crippen LogP contribution in [0.15, 0.2) is 276 Å². The highest BCUT2D eigenvalue weighted by atomic mass is 14.8. The molecule has 0 atom stereocenters. The van der Waals surface area contributed by atoms with Crippen LogP contribution in [-0.2, 0) is 0 Å². The normalized spacial score (nSPS) is 9.15. The minimum atomic E-state index is 0.818. The summed E-state index contributed by atoms with van der Waals surface area (Å²) in [4.78, 5) is 74.3. The van der Waals surface area contributed by atoms with E-state index < -0.39 is 0 Å². The zero-order chi connectivity index (χ0) is 87.1. The van der Waals surface area contributed by atoms with Gasteiger partial charge in [-0.05, 0) is 223 Å². The van der Waals surface area contributed by atoms with Gasteiger partial charge < -0.3 is 0 Å². The van der Waals surface area contributed by atoms with Crippen molar-refractivity contribution in [3.05, 3.63) is 326 Å². The van der Waals surface area contributed by atoms with Crippen LogP contribution in [-0.4, -0.2) is 89.7 Å². The fourth-order valence-corrected chi connectivity index (χ4v) is 9.72. The monoisotopic (exact) mass is 1570 g/mol. The molecule has 0 bridgehead atoms. The lowest BCUT2D eigenvalue weighted by molar-refractivity contribution is 1.21. The van der Waals surface area contributed by atoms with Gasteiger partial charge >= 0.3 is 0 Å². The maximum atomic E-state index is 4.24. The van der Waals surface area contributed by atoms with Gasteiger partial charge in [0.05, 0.1) is 50.3 Å². The Balaban J connectivity index is 0.000000642. The van der Waals surface area contributed by atoms with Crippen LogP contribution in [0.4, 0.5) is 0 Å². The van der Waals surface area contributed by atoms with Crippen molar-refractivity contribution in [3.63, 3.8) is 0 Å². The summed E-state index contributed by atoms with van der Waals surface area (Å²) in [6, 6.07) is 46.1. The van der Waals surface area contributed by atoms with Crippen molar-refractivity contribution in [2.75, 3.05) is 0 Å². The summed E-state index contributed by atoms with van der Waals surface area (Å²) in [5.41, 5.74) is 18.9. The zero-order valence-electron chi connectivity index (χ0n) is 74.5. The van der Waals surface area contributed by atoms with Crippen molar-refractivity contribution in [1.82, 2.24) is 89.7 Å². The van der Waals surface area contributed by atoms with Crippen LogP contribution in [0.25, 0.3) is 98.3 Å². The summed E-state index contributed by atoms with van der Waals surface area (Å²) in [5, 5.41) is 10.2. The lowest BCUT2D eigenvalue weighted by Gasteiger charge is -1.95. The summed E-state index contributed by atoms with van der Waals surface area (Å²) >= 11 is 0. The van der Waals surface area contributed by atoms with Crippen LogP contribution in [0, 0.1) is 62.3 Å². The number of benzene rings is 2. The van der Waals surface area contributed by atoms with Crippen LogP contribution in [0.2, 0.25) is 0 Å². The molecule has 612 valence electrons. The summed E-state index contributed by atoms with van der Waals surface area (Å²) in [6.07, 6.45) is 39.5. The van der Waals surface area contributed by atoms with E-state index in [0.717, 1.165) is 116 Å². The standard InChI is InChI=1S/9C9H8N2.9C2H6/c1-7-4-9-5-10-3-2-8(9)6-11-7;1-7-4-8-2-3-10-5-9(8)6-11-7;1-7-4-8-6-10-3-2-9(8)11-5-7;1-7-4-8-2-3-10-6-9(8)11-5-7;1-7-2-3-9-8(4-7)5-10-6-11-9;1-7-2-3-8-9(6-7)11-5-4-10-8;1-7-5-9-8(6-11-7)3-2-4-10-9;1-7-5-9-8(11-6-7)3-2-4-10-9;1-7-5-8-3-2-4-10-9(8)11-6-7;9*1-2/h9*2-6H,1H3;9*1-2H3. The number of pyridine rings is 14. The lowest BCUT2D eigenvalue weighted by Crippen LogP contribution is -1.82. The number of rotatable bonds is 0. The Bertz CT molecular complexity index is 4540. The molecule has 18 rings (SSSR count). The van der Waals surface area contributed by atoms with E-state index in [2.05, 4.69) is 133 Å². The second kappa shape index (κ2) is 62.5. The Kier molecular flexibility index (Phi) is 54.5. The smallest absolute Gasteiger partial charge is 0.159 e. The van der Waals surface area contributed by atoms with Gasteiger partial charge in [0.1, 0.15) is 6.33 Å². The molecule has 16 aromatic heterocycles. The summed E-state index contributed by atoms with van der Waals surface area (Å²) in [6.45, 7) is 54.1. The minimum Gasteiger partial charge on any atom is -0.264 e. The minimum absolute atomic E-state index is 0.818. The van der Waals surface area contributed by atoms with E-state index in [1.165, 1.54) is 33.2 Å². The Hall–Kier alpha value is -13.0. The zero-order valence-corrected chi connectivity index (χ0v) is 74.5. The van der Waals surface area contributed by atoms with Gasteiger partial charge in [-0.25, -0.2) is 19.9 Å². The molecule has 0 aliphatic rings. The van der Waals surface area contributed by atoms with Crippen LogP contribution >= 0.6 is 0 Å². The van der Waals surface area contributed by atoms with Crippen molar-refractivity contribution in [2.24, 2.45) is 0 Å². The molecular formula is C99H126N18. The van der Waals surface area contributed by atoms with E-state index in [1.807, 2.05) is 351 Å². The first-order valence-electron chi connectivity index (χ1n) is 40.8. The predicted molar refractivity (Wildman–Crippen MR) is 501 cm³/mol. The van der Waals surface area contributed by atoms with Crippen molar-refractivity contribution in [3.8, 4) is 0 Å². The maximum Gasteiger partial charge on any atom is 0.159 e. The van der Waals surface area contributed by atoms with Gasteiger partial charge in [-0.2, -0.15) is 0 Å². The Labute approximate surface area is 697 Å². The van der Waals surface area contributed by atoms with Crippen molar-refractivity contribution in [2.45, 2.75) is 187 Å². The summed E-state index contributed by atoms with van der Waals surface area (Å²) in [5.74, 6) is 0. The molecule has 0 amide bonds. The van der Waals surface area contributed by atoms with Gasteiger partial charge in [0.2, 0.25) is 0 Å². The topological polar surface area (TPSA) is 232 Å². The molecule has 18 heteroatoms. The number of fused-ring (bicyclic) bond motifs is 9. The largest absolute Gasteiger partial charge is 0.264 e. The maximum absolute atomic E-state index is 4.24. The molecule has 117 heavy (non-hydrogen) atoms. The number of aromatic nitrogens is 18. The molecule has 2 aromatic carbocycles. The second-order valence-electron chi connectivity index (χ2n) is 23.0. The second-order valence-corrected chi connectivity index (χ2v) is 23.0. The average molecular weight is 1570 g/mol. The molecule has 0 N–H and O–H groups in total. The van der Waals surface area contributed by atoms with Gasteiger partial charge in [0.15, 0.2) is 5.65 Å². The molecule has 18 aromatic rings. The molecule has 0 saturated heterocycles. The van der Waals surface area contributed by atoms with E-state index in [-0.39, 0.29) is 0 Å². The molecule has 0 aliphatic heterocycles. The molecule has 0 fully saturated rings. The number of aryl methyl sites for hydroxylation is 9. The van der Waals surface area contributed by atoms with Crippen LogP contribution in [0.5, 0.6) is 0 Å². The Morgan fingerprint density at radius 3 is 1.16 bits per heavy atom. The highest BCUT2D eigenvalue weighted by molar-refractivity contribution is 5.83. The van der Waals surface area contributed by atoms with E-state index in [9.17, 15) is 0 Å². The molecule has 0 aliphatic carbocycles. The van der Waals surface area contributed by atoms with Crippen molar-refractivity contribution in [1.29, 1.82) is 0 Å². The van der Waals surface area contributed by atoms with Gasteiger partial charge in [-0.15, -0.1) is 0 Å². The van der Waals surface area contributed by atoms with E-state index in [4.69, 9.17) is 0 Å². The highest BCUT2D eigenvalue weighted by Gasteiger charge is 2.00.